The summed E-state index contributed by atoms with van der Waals surface area (Å²) >= 11 is 6.03. The van der Waals surface area contributed by atoms with Crippen LogP contribution in [0.25, 0.3) is 0 Å². The maximum atomic E-state index is 12.5. The van der Waals surface area contributed by atoms with Crippen LogP contribution in [0.15, 0.2) is 23.1 Å². The Morgan fingerprint density at radius 1 is 1.22 bits per heavy atom. The summed E-state index contributed by atoms with van der Waals surface area (Å²) in [7, 11) is -0.940. The van der Waals surface area contributed by atoms with Gasteiger partial charge in [0.15, 0.2) is 6.61 Å². The molecule has 0 N–H and O–H groups in total. The molecule has 7 nitrogen and oxygen atoms in total. The fraction of sp³-hybridized carbons (Fsp3) is 0.556. The van der Waals surface area contributed by atoms with Gasteiger partial charge in [-0.05, 0) is 51.3 Å². The Hall–Kier alpha value is -1.64. The summed E-state index contributed by atoms with van der Waals surface area (Å²) in [5.41, 5.74) is -0.0906. The Bertz CT molecular complexity index is 815. The minimum Gasteiger partial charge on any atom is -0.452 e. The molecule has 1 fully saturated rings. The van der Waals surface area contributed by atoms with Gasteiger partial charge in [0.2, 0.25) is 10.0 Å². The number of likely N-dealkylation sites (tertiary alicyclic amines) is 1. The molecule has 0 aliphatic carbocycles. The van der Waals surface area contributed by atoms with E-state index in [-0.39, 0.29) is 33.5 Å². The first-order valence-corrected chi connectivity index (χ1v) is 10.6. The molecule has 9 heteroatoms. The van der Waals surface area contributed by atoms with E-state index >= 15 is 0 Å². The van der Waals surface area contributed by atoms with Crippen molar-refractivity contribution in [2.75, 3.05) is 20.7 Å². The topological polar surface area (TPSA) is 84.0 Å². The zero-order chi connectivity index (χ0) is 20.4. The summed E-state index contributed by atoms with van der Waals surface area (Å²) in [6.07, 6.45) is 2.90. The van der Waals surface area contributed by atoms with Crippen molar-refractivity contribution >= 4 is 33.5 Å². The zero-order valence-corrected chi connectivity index (χ0v) is 17.5. The molecule has 27 heavy (non-hydrogen) atoms. The van der Waals surface area contributed by atoms with E-state index in [0.29, 0.717) is 0 Å². The summed E-state index contributed by atoms with van der Waals surface area (Å²) in [4.78, 5) is 26.5. The summed E-state index contributed by atoms with van der Waals surface area (Å²) in [5, 5.41) is 0.0601. The van der Waals surface area contributed by atoms with Crippen molar-refractivity contribution in [1.29, 1.82) is 0 Å². The average molecular weight is 417 g/mol. The molecule has 0 radical (unpaired) electrons. The summed E-state index contributed by atoms with van der Waals surface area (Å²) < 4.78 is 30.6. The molecule has 1 aromatic carbocycles. The first kappa shape index (κ1) is 21.7. The third-order valence-corrected chi connectivity index (χ3v) is 6.89. The fourth-order valence-electron chi connectivity index (χ4n) is 3.22. The Kier molecular flexibility index (Phi) is 6.88. The van der Waals surface area contributed by atoms with Gasteiger partial charge in [-0.1, -0.05) is 11.6 Å². The van der Waals surface area contributed by atoms with Crippen molar-refractivity contribution in [2.24, 2.45) is 0 Å². The van der Waals surface area contributed by atoms with Crippen LogP contribution in [0.2, 0.25) is 5.02 Å². The molecular formula is C18H25ClN2O5S. The molecule has 0 aromatic heterocycles. The third-order valence-electron chi connectivity index (χ3n) is 4.74. The number of rotatable bonds is 5. The van der Waals surface area contributed by atoms with Crippen molar-refractivity contribution in [3.8, 4) is 0 Å². The van der Waals surface area contributed by atoms with Crippen molar-refractivity contribution in [3.05, 3.63) is 28.8 Å². The van der Waals surface area contributed by atoms with Crippen LogP contribution >= 0.6 is 11.6 Å². The average Bonchev–Trinajstić information content (AvgIpc) is 2.59. The summed E-state index contributed by atoms with van der Waals surface area (Å²) in [6, 6.07) is 3.99. The second kappa shape index (κ2) is 8.58. The van der Waals surface area contributed by atoms with Crippen molar-refractivity contribution in [3.63, 3.8) is 0 Å². The molecule has 1 aromatic rings. The van der Waals surface area contributed by atoms with Crippen LogP contribution in [0.1, 0.15) is 43.5 Å². The Balaban J connectivity index is 2.13. The van der Waals surface area contributed by atoms with E-state index in [1.807, 2.05) is 13.8 Å². The van der Waals surface area contributed by atoms with Gasteiger partial charge in [0, 0.05) is 26.2 Å². The largest absolute Gasteiger partial charge is 0.452 e. The number of carbonyl (C=O) groups excluding carboxylic acids is 2. The maximum absolute atomic E-state index is 12.5. The van der Waals surface area contributed by atoms with Crippen LogP contribution in [-0.4, -0.2) is 62.3 Å². The molecule has 1 aliphatic heterocycles. The second-order valence-corrected chi connectivity index (χ2v) is 9.49. The van der Waals surface area contributed by atoms with Gasteiger partial charge in [0.1, 0.15) is 0 Å². The second-order valence-electron chi connectivity index (χ2n) is 6.94. The molecule has 1 aliphatic rings. The van der Waals surface area contributed by atoms with Crippen LogP contribution < -0.4 is 0 Å². The predicted octanol–water partition coefficient (Wildman–Crippen LogP) is 2.54. The molecular weight excluding hydrogens is 392 g/mol. The number of ether oxygens (including phenoxy) is 1. The number of piperidine rings is 1. The molecule has 0 unspecified atom stereocenters. The van der Waals surface area contributed by atoms with E-state index in [1.54, 1.807) is 4.90 Å². The number of sulfonamides is 1. The monoisotopic (exact) mass is 416 g/mol. The summed E-state index contributed by atoms with van der Waals surface area (Å²) in [5.74, 6) is -1.10. The molecule has 1 amide bonds. The van der Waals surface area contributed by atoms with Crippen LogP contribution in [-0.2, 0) is 19.6 Å². The highest BCUT2D eigenvalue weighted by atomic mass is 35.5. The van der Waals surface area contributed by atoms with Gasteiger partial charge in [0.25, 0.3) is 5.91 Å². The van der Waals surface area contributed by atoms with Crippen LogP contribution in [0, 0.1) is 0 Å². The number of amides is 1. The Morgan fingerprint density at radius 2 is 1.81 bits per heavy atom. The molecule has 1 heterocycles. The number of carbonyl (C=O) groups is 2. The summed E-state index contributed by atoms with van der Waals surface area (Å²) in [6.45, 7) is 3.54. The predicted molar refractivity (Wildman–Crippen MR) is 102 cm³/mol. The van der Waals surface area contributed by atoms with E-state index in [4.69, 9.17) is 16.3 Å². The van der Waals surface area contributed by atoms with E-state index in [9.17, 15) is 18.0 Å². The number of hydrogen-bond acceptors (Lipinski definition) is 5. The van der Waals surface area contributed by atoms with Gasteiger partial charge < -0.3 is 9.64 Å². The highest BCUT2D eigenvalue weighted by Crippen LogP contribution is 2.24. The van der Waals surface area contributed by atoms with Gasteiger partial charge >= 0.3 is 5.97 Å². The molecule has 0 spiro atoms. The lowest BCUT2D eigenvalue weighted by atomic mass is 9.97. The first-order chi connectivity index (χ1) is 12.6. The van der Waals surface area contributed by atoms with Crippen LogP contribution in [0.4, 0.5) is 0 Å². The molecule has 0 saturated carbocycles. The molecule has 0 bridgehead atoms. The smallest absolute Gasteiger partial charge is 0.340 e. The van der Waals surface area contributed by atoms with Crippen LogP contribution in [0.3, 0.4) is 0 Å². The van der Waals surface area contributed by atoms with E-state index in [1.165, 1.54) is 26.2 Å². The standard InChI is InChI=1S/C18H25ClN2O5S/c1-12-6-5-7-13(2)21(12)17(22)11-26-18(23)15-10-14(8-9-16(15)19)27(24,25)20(3)4/h8-10,12-13H,5-7,11H2,1-4H3/t12-,13-/m1/s1. The zero-order valence-electron chi connectivity index (χ0n) is 15.9. The maximum Gasteiger partial charge on any atom is 0.340 e. The SMILES string of the molecule is C[C@@H]1CCC[C@@H](C)N1C(=O)COC(=O)c1cc(S(=O)(=O)N(C)C)ccc1Cl. The highest BCUT2D eigenvalue weighted by Gasteiger charge is 2.30. The highest BCUT2D eigenvalue weighted by molar-refractivity contribution is 7.89. The van der Waals surface area contributed by atoms with Gasteiger partial charge in [0.05, 0.1) is 15.5 Å². The Labute approximate surface area is 165 Å². The van der Waals surface area contributed by atoms with Crippen molar-refractivity contribution < 1.29 is 22.7 Å². The lowest BCUT2D eigenvalue weighted by molar-refractivity contribution is -0.140. The first-order valence-electron chi connectivity index (χ1n) is 8.76. The number of nitrogens with zero attached hydrogens (tertiary/aromatic N) is 2. The normalized spacial score (nSPS) is 20.6. The number of esters is 1. The lowest BCUT2D eigenvalue weighted by Crippen LogP contribution is -2.49. The molecule has 1 saturated heterocycles. The molecule has 2 rings (SSSR count). The quantitative estimate of drug-likeness (QED) is 0.688. The van der Waals surface area contributed by atoms with Gasteiger partial charge in [-0.2, -0.15) is 0 Å². The third kappa shape index (κ3) is 4.80. The van der Waals surface area contributed by atoms with E-state index < -0.39 is 22.6 Å². The van der Waals surface area contributed by atoms with E-state index in [0.717, 1.165) is 29.6 Å². The minimum atomic E-state index is -3.72. The van der Waals surface area contributed by atoms with Crippen LogP contribution in [0.5, 0.6) is 0 Å². The van der Waals surface area contributed by atoms with E-state index in [2.05, 4.69) is 0 Å². The van der Waals surface area contributed by atoms with Gasteiger partial charge in [-0.15, -0.1) is 0 Å². The number of halogens is 1. The van der Waals surface area contributed by atoms with Gasteiger partial charge in [-0.25, -0.2) is 17.5 Å². The van der Waals surface area contributed by atoms with Gasteiger partial charge in [-0.3, -0.25) is 4.79 Å². The Morgan fingerprint density at radius 3 is 2.37 bits per heavy atom. The van der Waals surface area contributed by atoms with Crippen molar-refractivity contribution in [1.82, 2.24) is 9.21 Å². The molecule has 2 atom stereocenters. The van der Waals surface area contributed by atoms with Crippen molar-refractivity contribution in [2.45, 2.75) is 50.1 Å². The lowest BCUT2D eigenvalue weighted by Gasteiger charge is -2.38. The minimum absolute atomic E-state index is 0.0601. The fourth-order valence-corrected chi connectivity index (χ4v) is 4.35. The number of benzene rings is 1. The number of hydrogen-bond donors (Lipinski definition) is 0. The molecule has 150 valence electrons.